The number of benzene rings is 2. The Labute approximate surface area is 467 Å². The number of esters is 1. The second kappa shape index (κ2) is 25.8. The van der Waals surface area contributed by atoms with Crippen molar-refractivity contribution in [2.75, 3.05) is 58.4 Å². The van der Waals surface area contributed by atoms with E-state index in [9.17, 15) is 59.4 Å². The zero-order chi connectivity index (χ0) is 60.1. The van der Waals surface area contributed by atoms with Crippen molar-refractivity contribution in [3.05, 3.63) is 101 Å². The number of pyridine rings is 1. The fraction of sp³-hybridized carbons (Fsp3) is 0.536. The van der Waals surface area contributed by atoms with Gasteiger partial charge in [0, 0.05) is 99.0 Å². The highest BCUT2D eigenvalue weighted by molar-refractivity contribution is 5.88. The van der Waals surface area contributed by atoms with Gasteiger partial charge in [-0.1, -0.05) is 37.8 Å². The largest absolute Gasteiger partial charge is 0.469 e. The standard InChI is InChI=1S/C56H65F10N9O7/c1-53(2,55(61,62)63)42(21-48(78)81-5)50(79)71-73(30-41-43(57)18-36(19-44(41)58)38-25-69-75(27-38)51(59)60)31-46(77)37(20-45(76)49(70-52(80)82-6)54(3,4)56(64,65)66)17-33-10-7-32(8-11-33)9-12-34-13-16-47(68-24-34)72-28-39-14-15-40(29-72)74(39)26-35-22-67-23-35/h7-8,10-11,13,16,18-19,24-25,27,35,37,39-40,42,46,49,51,67,77H,14-15,17,20-23,26,28-31H2,1-6H3,(H,70,80)(H,71,79)/t37-,39?,40?,42-,46+,49-/m1/s1. The molecule has 5 heterocycles. The summed E-state index contributed by atoms with van der Waals surface area (Å²) in [4.78, 5) is 62.9. The fourth-order valence-corrected chi connectivity index (χ4v) is 10.4. The molecule has 2 aromatic heterocycles. The molecule has 3 fully saturated rings. The van der Waals surface area contributed by atoms with Crippen molar-refractivity contribution in [2.24, 2.45) is 28.6 Å². The molecule has 26 heteroatoms. The van der Waals surface area contributed by atoms with Crippen molar-refractivity contribution in [3.8, 4) is 23.0 Å². The molecule has 7 rings (SSSR count). The van der Waals surface area contributed by atoms with Gasteiger partial charge in [0.1, 0.15) is 23.5 Å². The number of ether oxygens (including phenoxy) is 2. The average Bonchev–Trinajstić information content (AvgIpc) is 4.17. The van der Waals surface area contributed by atoms with Crippen molar-refractivity contribution in [1.82, 2.24) is 40.7 Å². The van der Waals surface area contributed by atoms with Crippen molar-refractivity contribution < 1.29 is 77.7 Å². The number of methoxy groups -OCH3 is 2. The molecule has 4 aromatic rings. The van der Waals surface area contributed by atoms with Gasteiger partial charge in [-0.15, -0.1) is 0 Å². The lowest BCUT2D eigenvalue weighted by molar-refractivity contribution is -0.231. The maximum absolute atomic E-state index is 16.1. The number of halogens is 10. The highest BCUT2D eigenvalue weighted by Crippen LogP contribution is 2.46. The number of nitrogens with zero attached hydrogens (tertiary/aromatic N) is 6. The lowest BCUT2D eigenvalue weighted by Gasteiger charge is -2.44. The van der Waals surface area contributed by atoms with Crippen LogP contribution in [-0.2, 0) is 36.8 Å². The Bertz CT molecular complexity index is 2920. The fourth-order valence-electron chi connectivity index (χ4n) is 10.4. The van der Waals surface area contributed by atoms with Crippen molar-refractivity contribution >= 4 is 29.6 Å². The summed E-state index contributed by atoms with van der Waals surface area (Å²) in [6, 6.07) is 10.1. The minimum atomic E-state index is -5.16. The van der Waals surface area contributed by atoms with E-state index in [-0.39, 0.29) is 22.2 Å². The molecule has 3 aliphatic rings. The van der Waals surface area contributed by atoms with Crippen molar-refractivity contribution in [2.45, 2.75) is 109 Å². The summed E-state index contributed by atoms with van der Waals surface area (Å²) in [5.74, 6) is -3.01. The third kappa shape index (κ3) is 14.9. The van der Waals surface area contributed by atoms with Crippen LogP contribution < -0.4 is 21.0 Å². The van der Waals surface area contributed by atoms with Gasteiger partial charge < -0.3 is 30.1 Å². The number of piperazine rings is 1. The first-order valence-corrected chi connectivity index (χ1v) is 26.4. The Morgan fingerprint density at radius 3 is 1.96 bits per heavy atom. The van der Waals surface area contributed by atoms with E-state index in [1.54, 1.807) is 30.5 Å². The number of hydrazine groups is 1. The van der Waals surface area contributed by atoms with Gasteiger partial charge in [0.15, 0.2) is 5.78 Å². The Hall–Kier alpha value is -6.82. The number of rotatable bonds is 22. The maximum atomic E-state index is 16.1. The Kier molecular flexibility index (Phi) is 19.7. The molecular formula is C56H65F10N9O7. The topological polar surface area (TPSA) is 183 Å². The third-order valence-corrected chi connectivity index (χ3v) is 15.9. The quantitative estimate of drug-likeness (QED) is 0.0258. The number of alkyl halides is 8. The van der Waals surface area contributed by atoms with Gasteiger partial charge in [-0.3, -0.25) is 24.7 Å². The van der Waals surface area contributed by atoms with E-state index in [1.807, 2.05) is 17.4 Å². The molecule has 6 atom stereocenters. The third-order valence-electron chi connectivity index (χ3n) is 15.9. The van der Waals surface area contributed by atoms with Gasteiger partial charge in [-0.2, -0.15) is 40.2 Å². The number of ketones is 1. The van der Waals surface area contributed by atoms with Gasteiger partial charge in [0.2, 0.25) is 5.91 Å². The van der Waals surface area contributed by atoms with Gasteiger partial charge in [-0.05, 0) is 92.5 Å². The number of nitrogens with one attached hydrogen (secondary N) is 3. The molecule has 4 N–H and O–H groups in total. The van der Waals surface area contributed by atoms with Crippen LogP contribution in [0.5, 0.6) is 0 Å². The molecule has 2 unspecified atom stereocenters. The number of hydrogen-bond acceptors (Lipinski definition) is 13. The number of anilines is 1. The summed E-state index contributed by atoms with van der Waals surface area (Å²) in [5.41, 5.74) is -3.71. The summed E-state index contributed by atoms with van der Waals surface area (Å²) in [6.07, 6.45) is -10.6. The van der Waals surface area contributed by atoms with E-state index in [2.05, 4.69) is 47.0 Å². The van der Waals surface area contributed by atoms with E-state index < -0.39 is 121 Å². The Morgan fingerprint density at radius 1 is 0.829 bits per heavy atom. The van der Waals surface area contributed by atoms with Gasteiger partial charge in [0.25, 0.3) is 0 Å². The van der Waals surface area contributed by atoms with Crippen LogP contribution in [0.15, 0.2) is 67.1 Å². The molecule has 0 aliphatic carbocycles. The lowest BCUT2D eigenvalue weighted by Crippen LogP contribution is -2.58. The molecule has 3 saturated heterocycles. The Morgan fingerprint density at radius 2 is 1.44 bits per heavy atom. The second-order valence-electron chi connectivity index (χ2n) is 22.2. The number of amides is 2. The van der Waals surface area contributed by atoms with Crippen LogP contribution in [0.2, 0.25) is 0 Å². The van der Waals surface area contributed by atoms with Gasteiger partial charge >= 0.3 is 31.0 Å². The van der Waals surface area contributed by atoms with Crippen LogP contribution in [0, 0.1) is 52.1 Å². The number of aliphatic hydroxyl groups is 1. The number of aliphatic hydroxyl groups excluding tert-OH is 1. The van der Waals surface area contributed by atoms with Gasteiger partial charge in [-0.25, -0.2) is 28.3 Å². The molecule has 446 valence electrons. The second-order valence-corrected chi connectivity index (χ2v) is 22.2. The molecule has 0 saturated carbocycles. The number of alkyl carbamates (subject to hydrolysis) is 1. The molecule has 16 nitrogen and oxygen atoms in total. The van der Waals surface area contributed by atoms with E-state index in [0.29, 0.717) is 79.5 Å². The van der Waals surface area contributed by atoms with E-state index in [0.717, 1.165) is 78.0 Å². The lowest BCUT2D eigenvalue weighted by atomic mass is 9.75. The number of hydrogen-bond donors (Lipinski definition) is 4. The van der Waals surface area contributed by atoms with Crippen LogP contribution in [0.1, 0.15) is 82.2 Å². The predicted octanol–water partition coefficient (Wildman–Crippen LogP) is 7.98. The number of carbonyl (C=O) groups is 4. The van der Waals surface area contributed by atoms with Crippen LogP contribution in [0.25, 0.3) is 11.1 Å². The van der Waals surface area contributed by atoms with Crippen LogP contribution >= 0.6 is 0 Å². The number of Topliss-reactive ketones (excluding diaryl/α,β-unsaturated/α-hetero) is 1. The average molecular weight is 1170 g/mol. The normalized spacial score (nSPS) is 18.5. The number of fused-ring (bicyclic) bond motifs is 2. The van der Waals surface area contributed by atoms with E-state index in [4.69, 9.17) is 4.98 Å². The first kappa shape index (κ1) is 62.8. The minimum Gasteiger partial charge on any atom is -0.469 e. The minimum absolute atomic E-state index is 0.155. The van der Waals surface area contributed by atoms with Crippen LogP contribution in [-0.4, -0.2) is 144 Å². The highest BCUT2D eigenvalue weighted by Gasteiger charge is 2.57. The molecule has 3 aliphatic heterocycles. The smallest absolute Gasteiger partial charge is 0.407 e. The summed E-state index contributed by atoms with van der Waals surface area (Å²) >= 11 is 0. The summed E-state index contributed by atoms with van der Waals surface area (Å²) < 4.78 is 156. The summed E-state index contributed by atoms with van der Waals surface area (Å²) in [7, 11) is 1.70. The first-order valence-electron chi connectivity index (χ1n) is 26.4. The molecular weight excluding hydrogens is 1100 g/mol. The highest BCUT2D eigenvalue weighted by atomic mass is 19.4. The van der Waals surface area contributed by atoms with Crippen LogP contribution in [0.4, 0.5) is 54.5 Å². The van der Waals surface area contributed by atoms with E-state index in [1.165, 1.54) is 0 Å². The first-order chi connectivity index (χ1) is 38.5. The summed E-state index contributed by atoms with van der Waals surface area (Å²) in [5, 5.41) is 21.5. The van der Waals surface area contributed by atoms with Crippen molar-refractivity contribution in [3.63, 3.8) is 0 Å². The predicted molar refractivity (Wildman–Crippen MR) is 278 cm³/mol. The number of aromatic nitrogens is 3. The van der Waals surface area contributed by atoms with E-state index >= 15 is 8.78 Å². The molecule has 82 heavy (non-hydrogen) atoms. The molecule has 2 bridgehead atoms. The van der Waals surface area contributed by atoms with Gasteiger partial charge in [0.05, 0.1) is 49.7 Å². The van der Waals surface area contributed by atoms with Crippen molar-refractivity contribution in [1.29, 1.82) is 0 Å². The SMILES string of the molecule is COC(=O)C[C@H](C(=O)NN(Cc1c(F)cc(-c2cnn(C(F)F)c2)cc1F)C[C@H](O)[C@@H](CC(=O)[C@@H](NC(=O)OC)C(C)(C)C(F)(F)F)Cc1ccc(C#Cc2ccc(N3CC4CCC(C3)N4CC3CNC3)nc2)cc1)C(C)(C)C(F)(F)F. The Balaban J connectivity index is 1.17. The zero-order valence-electron chi connectivity index (χ0n) is 45.8. The molecule has 0 spiro atoms. The molecule has 2 amide bonds. The summed E-state index contributed by atoms with van der Waals surface area (Å²) in [6.45, 7) is 2.23. The number of carbonyl (C=O) groups excluding carboxylic acids is 4. The monoisotopic (exact) mass is 1170 g/mol. The molecule has 0 radical (unpaired) electrons. The zero-order valence-corrected chi connectivity index (χ0v) is 45.8. The maximum Gasteiger partial charge on any atom is 0.407 e. The van der Waals surface area contributed by atoms with Crippen LogP contribution in [0.3, 0.4) is 0 Å². The molecule has 2 aromatic carbocycles.